The maximum atomic E-state index is 9.98. The highest BCUT2D eigenvalue weighted by atomic mass is 35.5. The Morgan fingerprint density at radius 3 is 2.60 bits per heavy atom. The van der Waals surface area contributed by atoms with E-state index in [1.165, 1.54) is 5.56 Å². The van der Waals surface area contributed by atoms with Gasteiger partial charge in [-0.3, -0.25) is 9.89 Å². The monoisotopic (exact) mass is 358 g/mol. The second-order valence-corrected chi connectivity index (χ2v) is 6.66. The van der Waals surface area contributed by atoms with Crippen LogP contribution in [0.3, 0.4) is 0 Å². The molecular weight excluding hydrogens is 336 g/mol. The minimum Gasteiger partial charge on any atom is -0.507 e. The number of rotatable bonds is 5. The summed E-state index contributed by atoms with van der Waals surface area (Å²) in [7, 11) is 0. The first-order chi connectivity index (χ1) is 12.1. The molecule has 2 atom stereocenters. The van der Waals surface area contributed by atoms with Crippen LogP contribution in [0.1, 0.15) is 24.1 Å². The smallest absolute Gasteiger partial charge is 0.124 e. The molecule has 1 aliphatic heterocycles. The van der Waals surface area contributed by atoms with Crippen molar-refractivity contribution in [2.24, 2.45) is 4.99 Å². The predicted octanol–water partition coefficient (Wildman–Crippen LogP) is 3.93. The molecular formula is C20H23ClN2O2. The van der Waals surface area contributed by atoms with Crippen LogP contribution >= 0.6 is 11.6 Å². The number of ether oxygens (including phenoxy) is 1. The van der Waals surface area contributed by atoms with E-state index in [2.05, 4.69) is 36.1 Å². The largest absolute Gasteiger partial charge is 0.507 e. The topological polar surface area (TPSA) is 45.1 Å². The molecule has 1 fully saturated rings. The van der Waals surface area contributed by atoms with Gasteiger partial charge < -0.3 is 9.84 Å². The number of phenols is 1. The second kappa shape index (κ2) is 8.48. The summed E-state index contributed by atoms with van der Waals surface area (Å²) in [5.41, 5.74) is 1.87. The summed E-state index contributed by atoms with van der Waals surface area (Å²) in [6.45, 7) is 5.37. The Labute approximate surface area is 153 Å². The molecule has 0 aromatic heterocycles. The summed E-state index contributed by atoms with van der Waals surface area (Å²) in [6, 6.07) is 15.6. The summed E-state index contributed by atoms with van der Waals surface area (Å²) in [5, 5.41) is 10.6. The molecule has 132 valence electrons. The molecule has 0 saturated carbocycles. The van der Waals surface area contributed by atoms with Crippen LogP contribution in [0.4, 0.5) is 0 Å². The lowest BCUT2D eigenvalue weighted by atomic mass is 9.98. The minimum absolute atomic E-state index is 0.0267. The van der Waals surface area contributed by atoms with Crippen molar-refractivity contribution in [3.05, 3.63) is 64.7 Å². The van der Waals surface area contributed by atoms with Crippen LogP contribution in [0.5, 0.6) is 5.75 Å². The zero-order valence-electron chi connectivity index (χ0n) is 14.3. The molecule has 3 rings (SSSR count). The zero-order chi connectivity index (χ0) is 17.6. The predicted molar refractivity (Wildman–Crippen MR) is 102 cm³/mol. The van der Waals surface area contributed by atoms with E-state index in [4.69, 9.17) is 21.3 Å². The van der Waals surface area contributed by atoms with Crippen molar-refractivity contribution in [1.29, 1.82) is 0 Å². The lowest BCUT2D eigenvalue weighted by Crippen LogP contribution is -2.42. The van der Waals surface area contributed by atoms with Crippen molar-refractivity contribution in [3.8, 4) is 5.75 Å². The Morgan fingerprint density at radius 2 is 1.88 bits per heavy atom. The SMILES string of the molecule is C[C@H](N=Cc1cc(Cl)ccc1O)[C@H](c1ccccc1)N1CCOCC1. The number of aromatic hydroxyl groups is 1. The van der Waals surface area contributed by atoms with Gasteiger partial charge in [0.2, 0.25) is 0 Å². The number of benzene rings is 2. The average Bonchev–Trinajstić information content (AvgIpc) is 2.64. The Hall–Kier alpha value is -1.88. The first-order valence-electron chi connectivity index (χ1n) is 8.53. The number of morpholine rings is 1. The molecule has 1 saturated heterocycles. The highest BCUT2D eigenvalue weighted by Gasteiger charge is 2.27. The van der Waals surface area contributed by atoms with E-state index in [1.807, 2.05) is 6.07 Å². The standard InChI is InChI=1S/C20H23ClN2O2/c1-15(22-14-17-13-18(21)7-8-19(17)24)20(16-5-3-2-4-6-16)23-9-11-25-12-10-23/h2-8,13-15,20,24H,9-12H2,1H3/t15-,20+/m0/s1. The first-order valence-corrected chi connectivity index (χ1v) is 8.91. The molecule has 5 heteroatoms. The number of hydrogen-bond donors (Lipinski definition) is 1. The van der Waals surface area contributed by atoms with E-state index in [9.17, 15) is 5.11 Å². The summed E-state index contributed by atoms with van der Waals surface area (Å²) in [6.07, 6.45) is 1.71. The van der Waals surface area contributed by atoms with Crippen molar-refractivity contribution in [2.75, 3.05) is 26.3 Å². The van der Waals surface area contributed by atoms with Gasteiger partial charge in [0.25, 0.3) is 0 Å². The third-order valence-electron chi connectivity index (χ3n) is 4.48. The normalized spacial score (nSPS) is 18.3. The van der Waals surface area contributed by atoms with E-state index in [-0.39, 0.29) is 17.8 Å². The zero-order valence-corrected chi connectivity index (χ0v) is 15.1. The van der Waals surface area contributed by atoms with Crippen molar-refractivity contribution in [2.45, 2.75) is 19.0 Å². The number of phenolic OH excluding ortho intramolecular Hbond substituents is 1. The molecule has 1 heterocycles. The molecule has 25 heavy (non-hydrogen) atoms. The quantitative estimate of drug-likeness (QED) is 0.824. The molecule has 2 aromatic rings. The van der Waals surface area contributed by atoms with Crippen LogP contribution in [0.2, 0.25) is 5.02 Å². The van der Waals surface area contributed by atoms with E-state index in [1.54, 1.807) is 24.4 Å². The van der Waals surface area contributed by atoms with Crippen LogP contribution in [-0.2, 0) is 4.74 Å². The Balaban J connectivity index is 1.84. The van der Waals surface area contributed by atoms with Gasteiger partial charge in [-0.1, -0.05) is 41.9 Å². The fraction of sp³-hybridized carbons (Fsp3) is 0.350. The van der Waals surface area contributed by atoms with Gasteiger partial charge in [0, 0.05) is 29.9 Å². The average molecular weight is 359 g/mol. The molecule has 0 unspecified atom stereocenters. The molecule has 0 aliphatic carbocycles. The summed E-state index contributed by atoms with van der Waals surface area (Å²) in [5.74, 6) is 0.183. The van der Waals surface area contributed by atoms with Crippen molar-refractivity contribution < 1.29 is 9.84 Å². The highest BCUT2D eigenvalue weighted by molar-refractivity contribution is 6.30. The lowest BCUT2D eigenvalue weighted by molar-refractivity contribution is 0.0119. The molecule has 1 N–H and O–H groups in total. The summed E-state index contributed by atoms with van der Waals surface area (Å²) >= 11 is 6.02. The molecule has 0 radical (unpaired) electrons. The van der Waals surface area contributed by atoms with Gasteiger partial charge in [-0.15, -0.1) is 0 Å². The van der Waals surface area contributed by atoms with E-state index in [0.29, 0.717) is 10.6 Å². The number of hydrogen-bond acceptors (Lipinski definition) is 4. The number of aliphatic imine (C=N–C) groups is 1. The maximum absolute atomic E-state index is 9.98. The highest BCUT2D eigenvalue weighted by Crippen LogP contribution is 2.28. The third kappa shape index (κ3) is 4.60. The first kappa shape index (κ1) is 17.9. The fourth-order valence-corrected chi connectivity index (χ4v) is 3.39. The van der Waals surface area contributed by atoms with E-state index >= 15 is 0 Å². The van der Waals surface area contributed by atoms with E-state index in [0.717, 1.165) is 26.3 Å². The summed E-state index contributed by atoms with van der Waals surface area (Å²) in [4.78, 5) is 7.14. The van der Waals surface area contributed by atoms with Gasteiger partial charge in [-0.05, 0) is 30.7 Å². The Morgan fingerprint density at radius 1 is 1.16 bits per heavy atom. The van der Waals surface area contributed by atoms with E-state index < -0.39 is 0 Å². The van der Waals surface area contributed by atoms with Gasteiger partial charge >= 0.3 is 0 Å². The van der Waals surface area contributed by atoms with Gasteiger partial charge in [0.15, 0.2) is 0 Å². The molecule has 4 nitrogen and oxygen atoms in total. The molecule has 0 spiro atoms. The molecule has 1 aliphatic rings. The third-order valence-corrected chi connectivity index (χ3v) is 4.71. The van der Waals surface area contributed by atoms with Gasteiger partial charge in [-0.2, -0.15) is 0 Å². The van der Waals surface area contributed by atoms with Crippen LogP contribution in [0.25, 0.3) is 0 Å². The second-order valence-electron chi connectivity index (χ2n) is 6.23. The lowest BCUT2D eigenvalue weighted by Gasteiger charge is -2.37. The molecule has 0 amide bonds. The number of halogens is 1. The molecule has 2 aromatic carbocycles. The Kier molecular flexibility index (Phi) is 6.08. The molecule has 0 bridgehead atoms. The van der Waals surface area contributed by atoms with Gasteiger partial charge in [0.05, 0.1) is 25.3 Å². The minimum atomic E-state index is 0.0267. The maximum Gasteiger partial charge on any atom is 0.124 e. The summed E-state index contributed by atoms with van der Waals surface area (Å²) < 4.78 is 5.50. The van der Waals surface area contributed by atoms with Crippen molar-refractivity contribution >= 4 is 17.8 Å². The van der Waals surface area contributed by atoms with Crippen LogP contribution < -0.4 is 0 Å². The van der Waals surface area contributed by atoms with Crippen LogP contribution in [0, 0.1) is 0 Å². The number of nitrogens with zero attached hydrogens (tertiary/aromatic N) is 2. The fourth-order valence-electron chi connectivity index (χ4n) is 3.21. The van der Waals surface area contributed by atoms with Crippen LogP contribution in [-0.4, -0.2) is 48.6 Å². The van der Waals surface area contributed by atoms with Crippen LogP contribution in [0.15, 0.2) is 53.5 Å². The van der Waals surface area contributed by atoms with Crippen molar-refractivity contribution in [3.63, 3.8) is 0 Å². The van der Waals surface area contributed by atoms with Gasteiger partial charge in [0.1, 0.15) is 5.75 Å². The van der Waals surface area contributed by atoms with Crippen molar-refractivity contribution in [1.82, 2.24) is 4.90 Å². The van der Waals surface area contributed by atoms with Gasteiger partial charge in [-0.25, -0.2) is 0 Å². The Bertz CT molecular complexity index is 715.